The van der Waals surface area contributed by atoms with E-state index in [2.05, 4.69) is 0 Å². The van der Waals surface area contributed by atoms with Crippen LogP contribution in [0, 0.1) is 0 Å². The summed E-state index contributed by atoms with van der Waals surface area (Å²) < 4.78 is 5.22. The number of nitrogens with zero attached hydrogens (tertiary/aromatic N) is 2. The van der Waals surface area contributed by atoms with Gasteiger partial charge in [-0.25, -0.2) is 0 Å². The van der Waals surface area contributed by atoms with Crippen molar-refractivity contribution in [3.63, 3.8) is 0 Å². The number of ether oxygens (including phenoxy) is 1. The van der Waals surface area contributed by atoms with E-state index in [1.165, 1.54) is 4.90 Å². The van der Waals surface area contributed by atoms with Gasteiger partial charge in [0, 0.05) is 31.6 Å². The maximum Gasteiger partial charge on any atom is 0.256 e. The number of methoxy groups -OCH3 is 1. The molecule has 7 heteroatoms. The molecule has 1 saturated heterocycles. The van der Waals surface area contributed by atoms with E-state index >= 15 is 0 Å². The fourth-order valence-electron chi connectivity index (χ4n) is 4.81. The van der Waals surface area contributed by atoms with E-state index < -0.39 is 18.1 Å². The SMILES string of the molecule is COc1ccc(-c2ccc3c(c2)C(=O)N2CCN(C(=O)[C@@H](O)c4ccccc4)C[C@@H]2C(=O)C3)cc1. The van der Waals surface area contributed by atoms with Crippen LogP contribution in [-0.4, -0.2) is 65.3 Å². The minimum atomic E-state index is -1.30. The van der Waals surface area contributed by atoms with Crippen LogP contribution >= 0.6 is 0 Å². The molecule has 0 aromatic heterocycles. The number of piperazine rings is 1. The number of carbonyl (C=O) groups is 3. The molecule has 7 nitrogen and oxygen atoms in total. The molecule has 3 aromatic carbocycles. The summed E-state index contributed by atoms with van der Waals surface area (Å²) in [5, 5.41) is 10.6. The number of amides is 2. The van der Waals surface area contributed by atoms with Gasteiger partial charge in [-0.05, 0) is 40.5 Å². The Hall–Kier alpha value is -3.97. The maximum atomic E-state index is 13.5. The highest BCUT2D eigenvalue weighted by Crippen LogP contribution is 2.30. The first-order chi connectivity index (χ1) is 17.0. The highest BCUT2D eigenvalue weighted by Gasteiger charge is 2.41. The minimum Gasteiger partial charge on any atom is -0.497 e. The molecular formula is C28H26N2O5. The summed E-state index contributed by atoms with van der Waals surface area (Å²) in [4.78, 5) is 42.7. The topological polar surface area (TPSA) is 87.2 Å². The van der Waals surface area contributed by atoms with Gasteiger partial charge in [-0.2, -0.15) is 0 Å². The molecular weight excluding hydrogens is 444 g/mol. The lowest BCUT2D eigenvalue weighted by atomic mass is 9.96. The Morgan fingerprint density at radius 1 is 0.971 bits per heavy atom. The van der Waals surface area contributed by atoms with Crippen molar-refractivity contribution < 1.29 is 24.2 Å². The molecule has 0 radical (unpaired) electrons. The average Bonchev–Trinajstić information content (AvgIpc) is 3.01. The van der Waals surface area contributed by atoms with Crippen LogP contribution in [0.1, 0.15) is 27.6 Å². The number of aliphatic hydroxyl groups is 1. The zero-order valence-corrected chi connectivity index (χ0v) is 19.4. The van der Waals surface area contributed by atoms with E-state index in [0.717, 1.165) is 16.9 Å². The third-order valence-corrected chi connectivity index (χ3v) is 6.80. The molecule has 1 fully saturated rings. The normalized spacial score (nSPS) is 18.4. The molecule has 178 valence electrons. The van der Waals surface area contributed by atoms with Gasteiger partial charge in [0.25, 0.3) is 11.8 Å². The Labute approximate surface area is 203 Å². The van der Waals surface area contributed by atoms with E-state index in [9.17, 15) is 19.5 Å². The number of aliphatic hydroxyl groups excluding tert-OH is 1. The molecule has 2 amide bonds. The first-order valence-corrected chi connectivity index (χ1v) is 11.6. The number of Topliss-reactive ketones (excluding diaryl/α,β-unsaturated/α-hetero) is 1. The van der Waals surface area contributed by atoms with Crippen molar-refractivity contribution in [3.8, 4) is 16.9 Å². The summed E-state index contributed by atoms with van der Waals surface area (Å²) in [7, 11) is 1.61. The van der Waals surface area contributed by atoms with Gasteiger partial charge in [0.05, 0.1) is 7.11 Å². The standard InChI is InChI=1S/C28H26N2O5/c1-35-22-11-9-18(10-12-22)20-7-8-21-16-25(31)24-17-29(13-14-30(24)27(33)23(21)15-20)28(34)26(32)19-5-3-2-4-6-19/h2-12,15,24,26,32H,13-14,16-17H2,1H3/t24-,26+/m1/s1. The third kappa shape index (κ3) is 4.31. The first kappa shape index (κ1) is 22.8. The highest BCUT2D eigenvalue weighted by molar-refractivity contribution is 6.04. The van der Waals surface area contributed by atoms with Crippen LogP contribution in [0.4, 0.5) is 0 Å². The van der Waals surface area contributed by atoms with Gasteiger partial charge in [0.1, 0.15) is 11.8 Å². The zero-order chi connectivity index (χ0) is 24.5. The summed E-state index contributed by atoms with van der Waals surface area (Å²) >= 11 is 0. The minimum absolute atomic E-state index is 0.0760. The van der Waals surface area contributed by atoms with Crippen molar-refractivity contribution in [2.75, 3.05) is 26.7 Å². The van der Waals surface area contributed by atoms with E-state index in [0.29, 0.717) is 16.7 Å². The second-order valence-electron chi connectivity index (χ2n) is 8.86. The van der Waals surface area contributed by atoms with Crippen LogP contribution in [0.5, 0.6) is 5.75 Å². The number of fused-ring (bicyclic) bond motifs is 2. The highest BCUT2D eigenvalue weighted by atomic mass is 16.5. The molecule has 2 heterocycles. The largest absolute Gasteiger partial charge is 0.497 e. The zero-order valence-electron chi connectivity index (χ0n) is 19.4. The molecule has 3 aromatic rings. The molecule has 0 saturated carbocycles. The molecule has 2 atom stereocenters. The molecule has 0 bridgehead atoms. The van der Waals surface area contributed by atoms with Gasteiger partial charge < -0.3 is 19.6 Å². The number of rotatable bonds is 4. The molecule has 5 rings (SSSR count). The lowest BCUT2D eigenvalue weighted by Crippen LogP contribution is -2.59. The molecule has 0 unspecified atom stereocenters. The van der Waals surface area contributed by atoms with Crippen LogP contribution in [0.2, 0.25) is 0 Å². The van der Waals surface area contributed by atoms with Gasteiger partial charge in [-0.3, -0.25) is 14.4 Å². The second kappa shape index (κ2) is 9.35. The second-order valence-corrected chi connectivity index (χ2v) is 8.86. The van der Waals surface area contributed by atoms with Crippen LogP contribution in [0.25, 0.3) is 11.1 Å². The summed E-state index contributed by atoms with van der Waals surface area (Å²) in [6, 6.07) is 21.2. The predicted octanol–water partition coefficient (Wildman–Crippen LogP) is 2.87. The Balaban J connectivity index is 1.38. The summed E-state index contributed by atoms with van der Waals surface area (Å²) in [6.07, 6.45) is -1.18. The fraction of sp³-hybridized carbons (Fsp3) is 0.250. The number of ketones is 1. The lowest BCUT2D eigenvalue weighted by Gasteiger charge is -2.40. The number of benzene rings is 3. The van der Waals surface area contributed by atoms with E-state index in [4.69, 9.17) is 4.74 Å². The van der Waals surface area contributed by atoms with Gasteiger partial charge in [0.2, 0.25) is 0 Å². The monoisotopic (exact) mass is 470 g/mol. The molecule has 0 spiro atoms. The van der Waals surface area contributed by atoms with Crippen molar-refractivity contribution in [2.24, 2.45) is 0 Å². The van der Waals surface area contributed by atoms with Gasteiger partial charge in [-0.1, -0.05) is 54.6 Å². The molecule has 35 heavy (non-hydrogen) atoms. The van der Waals surface area contributed by atoms with Crippen molar-refractivity contribution in [1.82, 2.24) is 9.80 Å². The molecule has 1 N–H and O–H groups in total. The predicted molar refractivity (Wildman–Crippen MR) is 130 cm³/mol. The summed E-state index contributed by atoms with van der Waals surface area (Å²) in [6.45, 7) is 0.563. The Morgan fingerprint density at radius 2 is 1.69 bits per heavy atom. The van der Waals surface area contributed by atoms with Crippen molar-refractivity contribution in [3.05, 3.63) is 89.5 Å². The fourth-order valence-corrected chi connectivity index (χ4v) is 4.81. The van der Waals surface area contributed by atoms with E-state index in [-0.39, 0.29) is 37.7 Å². The summed E-state index contributed by atoms with van der Waals surface area (Å²) in [5.41, 5.74) is 3.53. The summed E-state index contributed by atoms with van der Waals surface area (Å²) in [5.74, 6) is -0.0274. The van der Waals surface area contributed by atoms with Crippen molar-refractivity contribution in [2.45, 2.75) is 18.6 Å². The van der Waals surface area contributed by atoms with Crippen LogP contribution in [0.3, 0.4) is 0 Å². The third-order valence-electron chi connectivity index (χ3n) is 6.80. The first-order valence-electron chi connectivity index (χ1n) is 11.6. The lowest BCUT2D eigenvalue weighted by molar-refractivity contribution is -0.144. The Kier molecular flexibility index (Phi) is 6.09. The average molecular weight is 471 g/mol. The quantitative estimate of drug-likeness (QED) is 0.634. The Morgan fingerprint density at radius 3 is 2.40 bits per heavy atom. The van der Waals surface area contributed by atoms with Crippen LogP contribution < -0.4 is 4.74 Å². The number of hydrogen-bond acceptors (Lipinski definition) is 5. The maximum absolute atomic E-state index is 13.5. The Bertz CT molecular complexity index is 1270. The number of carbonyl (C=O) groups excluding carboxylic acids is 3. The van der Waals surface area contributed by atoms with E-state index in [1.54, 1.807) is 36.3 Å². The smallest absolute Gasteiger partial charge is 0.256 e. The van der Waals surface area contributed by atoms with Gasteiger partial charge in [0.15, 0.2) is 11.9 Å². The van der Waals surface area contributed by atoms with Crippen LogP contribution in [0.15, 0.2) is 72.8 Å². The van der Waals surface area contributed by atoms with Crippen molar-refractivity contribution in [1.29, 1.82) is 0 Å². The molecule has 2 aliphatic heterocycles. The van der Waals surface area contributed by atoms with Gasteiger partial charge >= 0.3 is 0 Å². The van der Waals surface area contributed by atoms with Crippen molar-refractivity contribution >= 4 is 17.6 Å². The van der Waals surface area contributed by atoms with E-state index in [1.807, 2.05) is 48.5 Å². The van der Waals surface area contributed by atoms with Crippen LogP contribution in [-0.2, 0) is 16.0 Å². The number of hydrogen-bond donors (Lipinski definition) is 1. The molecule has 2 aliphatic rings. The molecule has 0 aliphatic carbocycles. The van der Waals surface area contributed by atoms with Gasteiger partial charge in [-0.15, -0.1) is 0 Å².